The fraction of sp³-hybridized carbons (Fsp3) is 0.467. The van der Waals surface area contributed by atoms with E-state index in [0.717, 1.165) is 11.8 Å². The van der Waals surface area contributed by atoms with E-state index in [9.17, 15) is 24.3 Å². The van der Waals surface area contributed by atoms with E-state index in [1.165, 1.54) is 13.8 Å². The Kier molecular flexibility index (Phi) is 10.8. The zero-order valence-electron chi connectivity index (χ0n) is 25.2. The highest BCUT2D eigenvalue weighted by Crippen LogP contribution is 2.20. The summed E-state index contributed by atoms with van der Waals surface area (Å²) in [7, 11) is 0. The van der Waals surface area contributed by atoms with Crippen LogP contribution in [0.25, 0.3) is 0 Å². The van der Waals surface area contributed by atoms with Crippen molar-refractivity contribution >= 4 is 23.6 Å². The van der Waals surface area contributed by atoms with Crippen molar-refractivity contribution in [1.82, 2.24) is 36.3 Å². The van der Waals surface area contributed by atoms with Crippen molar-refractivity contribution < 1.29 is 33.2 Å². The van der Waals surface area contributed by atoms with Gasteiger partial charge < -0.3 is 35.3 Å². The lowest BCUT2D eigenvalue weighted by Gasteiger charge is -2.24. The van der Waals surface area contributed by atoms with Gasteiger partial charge in [-0.15, -0.1) is 0 Å². The van der Waals surface area contributed by atoms with Crippen LogP contribution in [-0.4, -0.2) is 81.6 Å². The van der Waals surface area contributed by atoms with Gasteiger partial charge in [-0.3, -0.25) is 24.1 Å². The van der Waals surface area contributed by atoms with Gasteiger partial charge in [0, 0.05) is 32.1 Å². The molecule has 1 aliphatic heterocycles. The number of rotatable bonds is 5. The largest absolute Gasteiger partial charge is 0.446 e. The lowest BCUT2D eigenvalue weighted by molar-refractivity contribution is -0.131. The van der Waals surface area contributed by atoms with Crippen molar-refractivity contribution in [1.29, 1.82) is 0 Å². The number of aromatic nitrogens is 2. The van der Waals surface area contributed by atoms with Gasteiger partial charge >= 0.3 is 0 Å². The molecule has 4 rings (SSSR count). The molecule has 14 nitrogen and oxygen atoms in total. The first-order valence-corrected chi connectivity index (χ1v) is 14.5. The third-order valence-electron chi connectivity index (χ3n) is 6.97. The summed E-state index contributed by atoms with van der Waals surface area (Å²) in [6.45, 7) is 8.75. The molecular formula is C30H39N7O7. The van der Waals surface area contributed by atoms with Crippen LogP contribution in [0.2, 0.25) is 0 Å². The summed E-state index contributed by atoms with van der Waals surface area (Å²) in [5.41, 5.74) is 0.765. The van der Waals surface area contributed by atoms with E-state index < -0.39 is 47.9 Å². The predicted octanol–water partition coefficient (Wildman–Crippen LogP) is 0.948. The van der Waals surface area contributed by atoms with Gasteiger partial charge in [0.15, 0.2) is 17.1 Å². The van der Waals surface area contributed by atoms with Crippen LogP contribution in [0.3, 0.4) is 0 Å². The van der Waals surface area contributed by atoms with E-state index in [0.29, 0.717) is 37.7 Å². The molecule has 5 N–H and O–H groups in total. The number of carbonyl (C=O) groups is 4. The number of benzene rings is 1. The summed E-state index contributed by atoms with van der Waals surface area (Å²) < 4.78 is 11.1. The Bertz CT molecular complexity index is 1440. The highest BCUT2D eigenvalue weighted by molar-refractivity contribution is 5.97. The van der Waals surface area contributed by atoms with Crippen molar-refractivity contribution in [3.63, 3.8) is 0 Å². The van der Waals surface area contributed by atoms with Crippen LogP contribution in [0.1, 0.15) is 71.9 Å². The summed E-state index contributed by atoms with van der Waals surface area (Å²) in [6.07, 6.45) is 0.105. The molecule has 0 unspecified atom stereocenters. The van der Waals surface area contributed by atoms with Crippen molar-refractivity contribution in [3.8, 4) is 0 Å². The molecule has 1 aliphatic rings. The number of nitrogens with one attached hydrogen (secondary N) is 4. The van der Waals surface area contributed by atoms with E-state index in [4.69, 9.17) is 8.94 Å². The molecule has 4 amide bonds. The van der Waals surface area contributed by atoms with Gasteiger partial charge in [-0.05, 0) is 25.3 Å². The summed E-state index contributed by atoms with van der Waals surface area (Å²) in [6, 6.07) is 7.80. The van der Waals surface area contributed by atoms with E-state index in [1.807, 2.05) is 30.3 Å². The predicted molar refractivity (Wildman–Crippen MR) is 157 cm³/mol. The number of amides is 4. The standard InChI is InChI=1S/C30H39N7O7/c1-17(2)14-37-11-10-31-26(39)18(3)32-29(42)25(19(4)38)35-28(41)24-16-43-30(34-24)23(12-20-8-6-5-7-9-20)33-27(40)22-13-21(15-37)44-36-22/h5-9,13,16-19,23,25,38H,10-12,14-15H2,1-4H3,(H,31,39)(H,32,42)(H,33,40)(H,35,41)/t18-,19-,23-,25+/m1/s1. The first-order valence-electron chi connectivity index (χ1n) is 14.5. The van der Waals surface area contributed by atoms with E-state index in [1.54, 1.807) is 6.07 Å². The van der Waals surface area contributed by atoms with Crippen LogP contribution < -0.4 is 21.3 Å². The molecule has 2 aromatic heterocycles. The fourth-order valence-corrected chi connectivity index (χ4v) is 4.78. The molecule has 4 atom stereocenters. The van der Waals surface area contributed by atoms with Crippen molar-refractivity contribution in [2.45, 2.75) is 64.9 Å². The Morgan fingerprint density at radius 1 is 1.00 bits per heavy atom. The fourth-order valence-electron chi connectivity index (χ4n) is 4.78. The Labute approximate surface area is 254 Å². The molecule has 0 fully saturated rings. The van der Waals surface area contributed by atoms with Crippen LogP contribution in [0.4, 0.5) is 0 Å². The van der Waals surface area contributed by atoms with E-state index >= 15 is 0 Å². The molecule has 1 aromatic carbocycles. The second-order valence-electron chi connectivity index (χ2n) is 11.3. The quantitative estimate of drug-likeness (QED) is 0.278. The van der Waals surface area contributed by atoms with Gasteiger partial charge in [-0.1, -0.05) is 49.3 Å². The Balaban J connectivity index is 1.66. The lowest BCUT2D eigenvalue weighted by atomic mass is 10.1. The summed E-state index contributed by atoms with van der Waals surface area (Å²) in [5.74, 6) is -1.68. The topological polar surface area (TPSA) is 192 Å². The number of aliphatic hydroxyl groups excluding tert-OH is 1. The maximum absolute atomic E-state index is 13.3. The molecule has 0 saturated heterocycles. The number of hydrogen-bond acceptors (Lipinski definition) is 10. The van der Waals surface area contributed by atoms with Gasteiger partial charge in [0.2, 0.25) is 17.7 Å². The molecular weight excluding hydrogens is 570 g/mol. The van der Waals surface area contributed by atoms with Crippen molar-refractivity contribution in [3.05, 3.63) is 71.3 Å². The van der Waals surface area contributed by atoms with Gasteiger partial charge in [0.1, 0.15) is 24.4 Å². The number of hydrogen-bond donors (Lipinski definition) is 5. The monoisotopic (exact) mass is 609 g/mol. The maximum Gasteiger partial charge on any atom is 0.274 e. The highest BCUT2D eigenvalue weighted by Gasteiger charge is 2.31. The highest BCUT2D eigenvalue weighted by atomic mass is 16.5. The van der Waals surface area contributed by atoms with Crippen LogP contribution in [0.5, 0.6) is 0 Å². The first kappa shape index (κ1) is 32.4. The second-order valence-corrected chi connectivity index (χ2v) is 11.3. The van der Waals surface area contributed by atoms with Gasteiger partial charge in [0.05, 0.1) is 12.6 Å². The summed E-state index contributed by atoms with van der Waals surface area (Å²) in [5, 5.41) is 24.9. The average molecular weight is 610 g/mol. The molecule has 3 heterocycles. The normalized spacial score (nSPS) is 21.9. The SMILES string of the molecule is CC(C)CN1CCNC(=O)[C@@H](C)NC(=O)[C@H]([C@@H](C)O)NC(=O)c2coc(n2)[C@@H](Cc2ccccc2)NC(=O)c2cc(on2)C1. The van der Waals surface area contributed by atoms with Crippen molar-refractivity contribution in [2.24, 2.45) is 5.92 Å². The van der Waals surface area contributed by atoms with Crippen LogP contribution in [0.15, 0.2) is 51.6 Å². The van der Waals surface area contributed by atoms with Gasteiger partial charge in [0.25, 0.3) is 11.8 Å². The lowest BCUT2D eigenvalue weighted by Crippen LogP contribution is -2.56. The van der Waals surface area contributed by atoms with E-state index in [-0.39, 0.29) is 23.8 Å². The number of carbonyl (C=O) groups excluding carboxylic acids is 4. The maximum atomic E-state index is 13.3. The molecule has 0 spiro atoms. The average Bonchev–Trinajstić information content (AvgIpc) is 3.65. The van der Waals surface area contributed by atoms with Crippen LogP contribution in [0, 0.1) is 5.92 Å². The van der Waals surface area contributed by atoms with E-state index in [2.05, 4.69) is 50.2 Å². The molecule has 4 bridgehead atoms. The minimum Gasteiger partial charge on any atom is -0.446 e. The summed E-state index contributed by atoms with van der Waals surface area (Å²) >= 11 is 0. The molecule has 0 saturated carbocycles. The number of aliphatic hydroxyl groups is 1. The molecule has 0 aliphatic carbocycles. The number of fused-ring (bicyclic) bond motifs is 4. The number of nitrogens with zero attached hydrogens (tertiary/aromatic N) is 3. The van der Waals surface area contributed by atoms with Crippen LogP contribution in [-0.2, 0) is 22.6 Å². The second kappa shape index (κ2) is 14.8. The Morgan fingerprint density at radius 2 is 1.73 bits per heavy atom. The van der Waals surface area contributed by atoms with Crippen molar-refractivity contribution in [2.75, 3.05) is 19.6 Å². The smallest absolute Gasteiger partial charge is 0.274 e. The molecule has 44 heavy (non-hydrogen) atoms. The zero-order chi connectivity index (χ0) is 31.8. The minimum absolute atomic E-state index is 0.0495. The minimum atomic E-state index is -1.38. The van der Waals surface area contributed by atoms with Crippen LogP contribution >= 0.6 is 0 Å². The molecule has 236 valence electrons. The molecule has 14 heteroatoms. The Morgan fingerprint density at radius 3 is 2.43 bits per heavy atom. The first-order chi connectivity index (χ1) is 21.0. The third-order valence-corrected chi connectivity index (χ3v) is 6.97. The number of oxazole rings is 1. The van der Waals surface area contributed by atoms with Gasteiger partial charge in [-0.2, -0.15) is 0 Å². The molecule has 3 aromatic rings. The summed E-state index contributed by atoms with van der Waals surface area (Å²) in [4.78, 5) is 58.4. The molecule has 0 radical (unpaired) electrons. The Hall–Kier alpha value is -4.56. The zero-order valence-corrected chi connectivity index (χ0v) is 25.2. The van der Waals surface area contributed by atoms with Gasteiger partial charge in [-0.25, -0.2) is 4.98 Å². The third kappa shape index (κ3) is 8.74.